The van der Waals surface area contributed by atoms with Crippen LogP contribution < -0.4 is 23.7 Å². The molecule has 0 aliphatic rings. The Labute approximate surface area is 193 Å². The second-order valence-electron chi connectivity index (χ2n) is 7.49. The monoisotopic (exact) mass is 480 g/mol. The van der Waals surface area contributed by atoms with E-state index in [-0.39, 0.29) is 17.3 Å². The number of ether oxygens (including phenoxy) is 5. The molecule has 33 heavy (non-hydrogen) atoms. The largest absolute Gasteiger partial charge is 0.496 e. The standard InChI is InChI=1S/C23H28O9S/c1-23(2,25)22(24)32-21-11-15(7-8-18(21)29-4)14-33(26,27)10-9-17-19(30-5)12-16(28-3)13-20(17)31-6/h7-13,25H,14H2,1-6H3/b10-9+. The molecule has 0 aromatic heterocycles. The maximum Gasteiger partial charge on any atom is 0.343 e. The molecular formula is C23H28O9S. The summed E-state index contributed by atoms with van der Waals surface area (Å²) >= 11 is 0. The first-order valence-electron chi connectivity index (χ1n) is 9.76. The number of hydrogen-bond donors (Lipinski definition) is 1. The quantitative estimate of drug-likeness (QED) is 0.404. The van der Waals surface area contributed by atoms with Gasteiger partial charge in [0.1, 0.15) is 17.2 Å². The lowest BCUT2D eigenvalue weighted by molar-refractivity contribution is -0.151. The number of sulfone groups is 1. The van der Waals surface area contributed by atoms with E-state index < -0.39 is 21.4 Å². The fourth-order valence-corrected chi connectivity index (χ4v) is 3.85. The van der Waals surface area contributed by atoms with Crippen LogP contribution in [-0.4, -0.2) is 53.5 Å². The Bertz CT molecular complexity index is 1100. The number of carbonyl (C=O) groups excluding carboxylic acids is 1. The van der Waals surface area contributed by atoms with E-state index in [2.05, 4.69) is 0 Å². The first kappa shape index (κ1) is 26.0. The van der Waals surface area contributed by atoms with Crippen molar-refractivity contribution >= 4 is 21.9 Å². The summed E-state index contributed by atoms with van der Waals surface area (Å²) in [5, 5.41) is 10.9. The van der Waals surface area contributed by atoms with E-state index in [1.807, 2.05) is 0 Å². The molecular weight excluding hydrogens is 452 g/mol. The van der Waals surface area contributed by atoms with E-state index in [4.69, 9.17) is 23.7 Å². The molecule has 0 unspecified atom stereocenters. The molecule has 0 saturated carbocycles. The van der Waals surface area contributed by atoms with Gasteiger partial charge in [0.15, 0.2) is 26.9 Å². The Morgan fingerprint density at radius 2 is 1.48 bits per heavy atom. The molecule has 2 rings (SSSR count). The minimum atomic E-state index is -3.75. The molecule has 180 valence electrons. The van der Waals surface area contributed by atoms with Crippen LogP contribution in [-0.2, 0) is 20.4 Å². The zero-order valence-electron chi connectivity index (χ0n) is 19.4. The fraction of sp³-hybridized carbons (Fsp3) is 0.348. The Balaban J connectivity index is 2.34. The molecule has 0 spiro atoms. The van der Waals surface area contributed by atoms with E-state index in [1.54, 1.807) is 18.2 Å². The molecule has 2 aromatic rings. The number of rotatable bonds is 10. The van der Waals surface area contributed by atoms with Crippen LogP contribution in [0.25, 0.3) is 6.08 Å². The molecule has 0 amide bonds. The van der Waals surface area contributed by atoms with Crippen molar-refractivity contribution in [2.45, 2.75) is 25.2 Å². The van der Waals surface area contributed by atoms with E-state index >= 15 is 0 Å². The van der Waals surface area contributed by atoms with Gasteiger partial charge in [-0.1, -0.05) is 6.07 Å². The average molecular weight is 481 g/mol. The number of benzene rings is 2. The Morgan fingerprint density at radius 1 is 0.909 bits per heavy atom. The van der Waals surface area contributed by atoms with Gasteiger partial charge in [0.25, 0.3) is 0 Å². The van der Waals surface area contributed by atoms with Crippen LogP contribution in [0.5, 0.6) is 28.7 Å². The summed E-state index contributed by atoms with van der Waals surface area (Å²) < 4.78 is 51.8. The van der Waals surface area contributed by atoms with Gasteiger partial charge in [0.2, 0.25) is 0 Å². The minimum Gasteiger partial charge on any atom is -0.496 e. The highest BCUT2D eigenvalue weighted by Crippen LogP contribution is 2.35. The molecule has 0 fully saturated rings. The van der Waals surface area contributed by atoms with Crippen LogP contribution in [0.4, 0.5) is 0 Å². The summed E-state index contributed by atoms with van der Waals surface area (Å²) in [5.41, 5.74) is -0.946. The van der Waals surface area contributed by atoms with E-state index in [0.29, 0.717) is 28.4 Å². The number of aliphatic hydroxyl groups is 1. The van der Waals surface area contributed by atoms with E-state index in [0.717, 1.165) is 5.41 Å². The lowest BCUT2D eigenvalue weighted by Gasteiger charge is -2.17. The maximum absolute atomic E-state index is 12.8. The summed E-state index contributed by atoms with van der Waals surface area (Å²) in [6.45, 7) is 2.56. The smallest absolute Gasteiger partial charge is 0.343 e. The lowest BCUT2D eigenvalue weighted by atomic mass is 10.1. The number of esters is 1. The minimum absolute atomic E-state index is 0.000188. The highest BCUT2D eigenvalue weighted by Gasteiger charge is 2.27. The van der Waals surface area contributed by atoms with Crippen LogP contribution in [0, 0.1) is 0 Å². The van der Waals surface area contributed by atoms with Crippen molar-refractivity contribution in [3.8, 4) is 28.7 Å². The van der Waals surface area contributed by atoms with Gasteiger partial charge >= 0.3 is 5.97 Å². The van der Waals surface area contributed by atoms with Gasteiger partial charge < -0.3 is 28.8 Å². The van der Waals surface area contributed by atoms with Gasteiger partial charge in [0.05, 0.1) is 39.8 Å². The van der Waals surface area contributed by atoms with E-state index in [9.17, 15) is 18.3 Å². The lowest BCUT2D eigenvalue weighted by Crippen LogP contribution is -2.35. The van der Waals surface area contributed by atoms with E-state index in [1.165, 1.54) is 60.5 Å². The average Bonchev–Trinajstić information content (AvgIpc) is 2.76. The summed E-state index contributed by atoms with van der Waals surface area (Å²) in [7, 11) is 2.04. The third kappa shape index (κ3) is 6.87. The van der Waals surface area contributed by atoms with Crippen LogP contribution in [0.15, 0.2) is 35.7 Å². The van der Waals surface area contributed by atoms with Crippen LogP contribution in [0.3, 0.4) is 0 Å². The zero-order valence-corrected chi connectivity index (χ0v) is 20.2. The van der Waals surface area contributed by atoms with Gasteiger partial charge in [-0.15, -0.1) is 0 Å². The van der Waals surface area contributed by atoms with Crippen molar-refractivity contribution in [2.24, 2.45) is 0 Å². The van der Waals surface area contributed by atoms with Crippen molar-refractivity contribution in [1.82, 2.24) is 0 Å². The molecule has 0 atom stereocenters. The molecule has 0 radical (unpaired) electrons. The Kier molecular flexibility index (Phi) is 8.34. The molecule has 0 heterocycles. The molecule has 0 aliphatic carbocycles. The Morgan fingerprint density at radius 3 is 1.97 bits per heavy atom. The van der Waals surface area contributed by atoms with Gasteiger partial charge in [-0.3, -0.25) is 0 Å². The van der Waals surface area contributed by atoms with Crippen molar-refractivity contribution in [2.75, 3.05) is 28.4 Å². The molecule has 9 nitrogen and oxygen atoms in total. The van der Waals surface area contributed by atoms with Crippen molar-refractivity contribution in [1.29, 1.82) is 0 Å². The number of methoxy groups -OCH3 is 4. The van der Waals surface area contributed by atoms with Crippen molar-refractivity contribution in [3.05, 3.63) is 46.9 Å². The second-order valence-corrected chi connectivity index (χ2v) is 9.38. The molecule has 0 bridgehead atoms. The third-order valence-corrected chi connectivity index (χ3v) is 5.78. The predicted molar refractivity (Wildman–Crippen MR) is 123 cm³/mol. The normalized spacial score (nSPS) is 11.8. The molecule has 1 N–H and O–H groups in total. The van der Waals surface area contributed by atoms with Crippen LogP contribution in [0.1, 0.15) is 25.0 Å². The molecule has 0 saturated heterocycles. The van der Waals surface area contributed by atoms with Gasteiger partial charge in [-0.25, -0.2) is 13.2 Å². The second kappa shape index (κ2) is 10.6. The first-order chi connectivity index (χ1) is 15.4. The van der Waals surface area contributed by atoms with Crippen molar-refractivity contribution in [3.63, 3.8) is 0 Å². The van der Waals surface area contributed by atoms with Gasteiger partial charge in [-0.05, 0) is 37.6 Å². The molecule has 10 heteroatoms. The van der Waals surface area contributed by atoms with Crippen LogP contribution in [0.2, 0.25) is 0 Å². The SMILES string of the molecule is COc1cc(OC)c(/C=C/S(=O)(=O)Cc2ccc(OC)c(OC(=O)C(C)(C)O)c2)c(OC)c1. The first-order valence-corrected chi connectivity index (χ1v) is 11.5. The molecule has 0 aliphatic heterocycles. The Hall–Kier alpha value is -3.24. The highest BCUT2D eigenvalue weighted by atomic mass is 32.2. The summed E-state index contributed by atoms with van der Waals surface area (Å²) in [6, 6.07) is 7.63. The van der Waals surface area contributed by atoms with Crippen molar-refractivity contribution < 1.29 is 42.0 Å². The molecule has 2 aromatic carbocycles. The predicted octanol–water partition coefficient (Wildman–Crippen LogP) is 2.98. The number of hydrogen-bond acceptors (Lipinski definition) is 9. The zero-order chi connectivity index (χ0) is 24.8. The fourth-order valence-electron chi connectivity index (χ4n) is 2.76. The maximum atomic E-state index is 12.8. The third-order valence-electron chi connectivity index (χ3n) is 4.49. The summed E-state index contributed by atoms with van der Waals surface area (Å²) in [4.78, 5) is 12.0. The number of carbonyl (C=O) groups is 1. The topological polar surface area (TPSA) is 118 Å². The van der Waals surface area contributed by atoms with Crippen LogP contribution >= 0.6 is 0 Å². The van der Waals surface area contributed by atoms with Gasteiger partial charge in [0, 0.05) is 17.5 Å². The van der Waals surface area contributed by atoms with Gasteiger partial charge in [-0.2, -0.15) is 0 Å². The highest BCUT2D eigenvalue weighted by molar-refractivity contribution is 7.93. The summed E-state index contributed by atoms with van der Waals surface area (Å²) in [6.07, 6.45) is 1.38. The summed E-state index contributed by atoms with van der Waals surface area (Å²) in [5.74, 6) is 0.193.